The summed E-state index contributed by atoms with van der Waals surface area (Å²) < 4.78 is 0. The van der Waals surface area contributed by atoms with Gasteiger partial charge in [-0.2, -0.15) is 0 Å². The molecule has 0 heterocycles. The van der Waals surface area contributed by atoms with Crippen LogP contribution in [0, 0.1) is 13.8 Å². The molecule has 1 rings (SSSR count). The summed E-state index contributed by atoms with van der Waals surface area (Å²) >= 11 is 6.05. The van der Waals surface area contributed by atoms with E-state index in [1.807, 2.05) is 0 Å². The van der Waals surface area contributed by atoms with Gasteiger partial charge in [-0.25, -0.2) is 0 Å². The minimum absolute atomic E-state index is 0.888. The third-order valence-electron chi connectivity index (χ3n) is 2.31. The Morgan fingerprint density at radius 2 is 1.54 bits per heavy atom. The molecule has 72 valence electrons. The summed E-state index contributed by atoms with van der Waals surface area (Å²) in [5.74, 6) is 0. The van der Waals surface area contributed by atoms with E-state index in [1.165, 1.54) is 16.3 Å². The maximum absolute atomic E-state index is 6.05. The van der Waals surface area contributed by atoms with E-state index < -0.39 is 8.07 Å². The molecule has 0 atom stereocenters. The average molecular weight is 213 g/mol. The standard InChI is InChI=1S/C11H17ClSi/c1-8-7-11(13(3,4)5)9(2)6-10(8)12/h6-7H,1-5H3. The van der Waals surface area contributed by atoms with Gasteiger partial charge in [0.2, 0.25) is 0 Å². The third-order valence-corrected chi connectivity index (χ3v) is 4.88. The lowest BCUT2D eigenvalue weighted by molar-refractivity contribution is 1.41. The van der Waals surface area contributed by atoms with Gasteiger partial charge in [-0.3, -0.25) is 0 Å². The Kier molecular flexibility index (Phi) is 2.88. The molecule has 2 heteroatoms. The first kappa shape index (κ1) is 10.8. The third kappa shape index (κ3) is 2.35. The Bertz CT molecular complexity index is 324. The van der Waals surface area contributed by atoms with E-state index in [9.17, 15) is 0 Å². The van der Waals surface area contributed by atoms with Crippen LogP contribution in [0.2, 0.25) is 24.7 Å². The molecule has 0 aliphatic heterocycles. The molecule has 0 nitrogen and oxygen atoms in total. The van der Waals surface area contributed by atoms with Gasteiger partial charge in [0, 0.05) is 5.02 Å². The monoisotopic (exact) mass is 212 g/mol. The van der Waals surface area contributed by atoms with E-state index >= 15 is 0 Å². The molecule has 0 aliphatic carbocycles. The highest BCUT2D eigenvalue weighted by atomic mass is 35.5. The molecule has 13 heavy (non-hydrogen) atoms. The Labute approximate surface area is 86.9 Å². The van der Waals surface area contributed by atoms with Crippen LogP contribution in [0.1, 0.15) is 11.1 Å². The fraction of sp³-hybridized carbons (Fsp3) is 0.455. The van der Waals surface area contributed by atoms with Crippen LogP contribution in [0.3, 0.4) is 0 Å². The van der Waals surface area contributed by atoms with E-state index in [0.717, 1.165) is 5.02 Å². The van der Waals surface area contributed by atoms with Gasteiger partial charge in [-0.15, -0.1) is 0 Å². The number of rotatable bonds is 1. The summed E-state index contributed by atoms with van der Waals surface area (Å²) in [6.45, 7) is 11.3. The molecule has 0 spiro atoms. The van der Waals surface area contributed by atoms with Crippen molar-refractivity contribution in [2.45, 2.75) is 33.5 Å². The lowest BCUT2D eigenvalue weighted by atomic mass is 10.2. The van der Waals surface area contributed by atoms with Crippen molar-refractivity contribution in [2.24, 2.45) is 0 Å². The molecule has 0 radical (unpaired) electrons. The predicted molar refractivity (Wildman–Crippen MR) is 63.9 cm³/mol. The van der Waals surface area contributed by atoms with Crippen molar-refractivity contribution in [1.82, 2.24) is 0 Å². The minimum Gasteiger partial charge on any atom is -0.0840 e. The maximum Gasteiger partial charge on any atom is 0.0779 e. The van der Waals surface area contributed by atoms with E-state index in [-0.39, 0.29) is 0 Å². The second-order valence-corrected chi connectivity index (χ2v) is 10.1. The van der Waals surface area contributed by atoms with Gasteiger partial charge in [0.1, 0.15) is 0 Å². The molecule has 0 saturated heterocycles. The van der Waals surface area contributed by atoms with Crippen molar-refractivity contribution in [2.75, 3.05) is 0 Å². The topological polar surface area (TPSA) is 0 Å². The molecule has 0 aliphatic rings. The van der Waals surface area contributed by atoms with Crippen molar-refractivity contribution < 1.29 is 0 Å². The minimum atomic E-state index is -1.19. The Balaban J connectivity index is 3.32. The van der Waals surface area contributed by atoms with Gasteiger partial charge in [0.25, 0.3) is 0 Å². The van der Waals surface area contributed by atoms with Crippen LogP contribution in [0.5, 0.6) is 0 Å². The average Bonchev–Trinajstić information content (AvgIpc) is 1.94. The van der Waals surface area contributed by atoms with Gasteiger partial charge in [-0.05, 0) is 25.5 Å². The van der Waals surface area contributed by atoms with E-state index in [2.05, 4.69) is 45.6 Å². The zero-order chi connectivity index (χ0) is 10.2. The first-order valence-corrected chi connectivity index (χ1v) is 8.47. The van der Waals surface area contributed by atoms with Gasteiger partial charge < -0.3 is 0 Å². The van der Waals surface area contributed by atoms with Crippen molar-refractivity contribution in [3.05, 3.63) is 28.3 Å². The number of aryl methyl sites for hydroxylation is 2. The van der Waals surface area contributed by atoms with Crippen molar-refractivity contribution in [3.63, 3.8) is 0 Å². The molecule has 1 aromatic carbocycles. The van der Waals surface area contributed by atoms with Gasteiger partial charge in [0.05, 0.1) is 8.07 Å². The van der Waals surface area contributed by atoms with E-state index in [0.29, 0.717) is 0 Å². The zero-order valence-corrected chi connectivity index (χ0v) is 10.8. The van der Waals surface area contributed by atoms with Crippen molar-refractivity contribution in [1.29, 1.82) is 0 Å². The molecular formula is C11H17ClSi. The lowest BCUT2D eigenvalue weighted by Gasteiger charge is -2.20. The van der Waals surface area contributed by atoms with Gasteiger partial charge >= 0.3 is 0 Å². The zero-order valence-electron chi connectivity index (χ0n) is 9.03. The SMILES string of the molecule is Cc1cc([Si](C)(C)C)c(C)cc1Cl. The molecule has 0 fully saturated rings. The van der Waals surface area contributed by atoms with Crippen LogP contribution in [-0.4, -0.2) is 8.07 Å². The smallest absolute Gasteiger partial charge is 0.0779 e. The number of halogens is 1. The summed E-state index contributed by atoms with van der Waals surface area (Å²) in [5, 5.41) is 2.41. The molecule has 0 amide bonds. The first-order valence-electron chi connectivity index (χ1n) is 4.59. The van der Waals surface area contributed by atoms with E-state index in [4.69, 9.17) is 11.6 Å². The van der Waals surface area contributed by atoms with E-state index in [1.54, 1.807) is 0 Å². The molecule has 0 bridgehead atoms. The Hall–Kier alpha value is -0.273. The van der Waals surface area contributed by atoms with Crippen molar-refractivity contribution in [3.8, 4) is 0 Å². The highest BCUT2D eigenvalue weighted by Gasteiger charge is 2.19. The summed E-state index contributed by atoms with van der Waals surface area (Å²) in [6, 6.07) is 4.34. The number of benzene rings is 1. The predicted octanol–water partition coefficient (Wildman–Crippen LogP) is 3.50. The van der Waals surface area contributed by atoms with Gasteiger partial charge in [-0.1, -0.05) is 48.1 Å². The molecule has 0 N–H and O–H groups in total. The maximum atomic E-state index is 6.05. The second kappa shape index (κ2) is 3.47. The summed E-state index contributed by atoms with van der Waals surface area (Å²) in [4.78, 5) is 0. The summed E-state index contributed by atoms with van der Waals surface area (Å²) in [7, 11) is -1.19. The van der Waals surface area contributed by atoms with Crippen molar-refractivity contribution >= 4 is 24.9 Å². The van der Waals surface area contributed by atoms with Crippen LogP contribution < -0.4 is 5.19 Å². The fourth-order valence-electron chi connectivity index (χ4n) is 1.59. The number of hydrogen-bond donors (Lipinski definition) is 0. The van der Waals surface area contributed by atoms with Gasteiger partial charge in [0.15, 0.2) is 0 Å². The first-order chi connectivity index (χ1) is 5.82. The fourth-order valence-corrected chi connectivity index (χ4v) is 3.71. The highest BCUT2D eigenvalue weighted by Crippen LogP contribution is 2.17. The van der Waals surface area contributed by atoms with Crippen LogP contribution in [0.4, 0.5) is 0 Å². The summed E-state index contributed by atoms with van der Waals surface area (Å²) in [6.07, 6.45) is 0. The van der Waals surface area contributed by atoms with Crippen LogP contribution in [0.25, 0.3) is 0 Å². The highest BCUT2D eigenvalue weighted by molar-refractivity contribution is 6.89. The Morgan fingerprint density at radius 1 is 1.00 bits per heavy atom. The molecule has 0 unspecified atom stereocenters. The lowest BCUT2D eigenvalue weighted by Crippen LogP contribution is -2.39. The molecule has 0 saturated carbocycles. The Morgan fingerprint density at radius 3 is 2.00 bits per heavy atom. The number of hydrogen-bond acceptors (Lipinski definition) is 0. The second-order valence-electron chi connectivity index (χ2n) is 4.67. The van der Waals surface area contributed by atoms with Crippen LogP contribution in [0.15, 0.2) is 12.1 Å². The van der Waals surface area contributed by atoms with Crippen LogP contribution >= 0.6 is 11.6 Å². The summed E-state index contributed by atoms with van der Waals surface area (Å²) in [5.41, 5.74) is 2.54. The molecular weight excluding hydrogens is 196 g/mol. The quantitative estimate of drug-likeness (QED) is 0.626. The molecule has 1 aromatic rings. The normalized spacial score (nSPS) is 11.8. The molecule has 0 aromatic heterocycles. The van der Waals surface area contributed by atoms with Crippen LogP contribution in [-0.2, 0) is 0 Å². The largest absolute Gasteiger partial charge is 0.0840 e.